The van der Waals surface area contributed by atoms with E-state index in [1.54, 1.807) is 6.08 Å². The molecule has 0 radical (unpaired) electrons. The molecule has 1 fully saturated rings. The minimum atomic E-state index is -0.584. The van der Waals surface area contributed by atoms with Gasteiger partial charge in [0.05, 0.1) is 25.4 Å². The van der Waals surface area contributed by atoms with Crippen molar-refractivity contribution in [1.82, 2.24) is 0 Å². The molecule has 1 rings (SSSR count). The van der Waals surface area contributed by atoms with E-state index in [1.807, 2.05) is 32.1 Å². The summed E-state index contributed by atoms with van der Waals surface area (Å²) in [4.78, 5) is 11.1. The summed E-state index contributed by atoms with van der Waals surface area (Å²) < 4.78 is 4.61. The van der Waals surface area contributed by atoms with Crippen LogP contribution in [-0.2, 0) is 9.53 Å². The average molecular weight is 381 g/mol. The highest BCUT2D eigenvalue weighted by molar-refractivity contribution is 5.69. The third kappa shape index (κ3) is 9.36. The van der Waals surface area contributed by atoms with Gasteiger partial charge in [-0.05, 0) is 51.9 Å². The fraction of sp³-hybridized carbons (Fsp3) is 0.682. The average Bonchev–Trinajstić information content (AvgIpc) is 2.88. The maximum absolute atomic E-state index is 11.1. The van der Waals surface area contributed by atoms with Crippen molar-refractivity contribution in [3.8, 4) is 0 Å². The second kappa shape index (κ2) is 12.9. The molecule has 0 heterocycles. The molecule has 5 atom stereocenters. The number of methoxy groups -OCH3 is 1. The van der Waals surface area contributed by atoms with Crippen LogP contribution in [-0.4, -0.2) is 46.7 Å². The van der Waals surface area contributed by atoms with Crippen molar-refractivity contribution in [3.63, 3.8) is 0 Å². The van der Waals surface area contributed by atoms with Crippen molar-refractivity contribution >= 4 is 5.97 Å². The van der Waals surface area contributed by atoms with Crippen LogP contribution in [0.4, 0.5) is 0 Å². The van der Waals surface area contributed by atoms with Gasteiger partial charge in [0.25, 0.3) is 0 Å². The number of esters is 1. The molecule has 0 amide bonds. The molecule has 5 nitrogen and oxygen atoms in total. The summed E-state index contributed by atoms with van der Waals surface area (Å²) in [6.07, 6.45) is 12.5. The molecule has 1 aliphatic carbocycles. The Kier molecular flexibility index (Phi) is 11.3. The fourth-order valence-corrected chi connectivity index (χ4v) is 3.44. The van der Waals surface area contributed by atoms with Crippen LogP contribution < -0.4 is 0 Å². The quantitative estimate of drug-likeness (QED) is 0.291. The van der Waals surface area contributed by atoms with Crippen molar-refractivity contribution < 1.29 is 24.9 Å². The van der Waals surface area contributed by atoms with E-state index in [0.29, 0.717) is 25.7 Å². The summed E-state index contributed by atoms with van der Waals surface area (Å²) in [6, 6.07) is 0. The number of aliphatic hydroxyl groups excluding tert-OH is 3. The first-order valence-electron chi connectivity index (χ1n) is 9.92. The molecule has 0 aromatic rings. The lowest BCUT2D eigenvalue weighted by Crippen LogP contribution is -2.20. The Labute approximate surface area is 163 Å². The van der Waals surface area contributed by atoms with E-state index in [2.05, 4.69) is 10.8 Å². The van der Waals surface area contributed by atoms with E-state index in [9.17, 15) is 20.1 Å². The number of allylic oxidation sites excluding steroid dienone is 4. The van der Waals surface area contributed by atoms with Crippen molar-refractivity contribution in [2.75, 3.05) is 7.11 Å². The molecular formula is C22H36O5. The predicted octanol–water partition coefficient (Wildman–Crippen LogP) is 3.30. The van der Waals surface area contributed by atoms with Crippen molar-refractivity contribution in [2.45, 2.75) is 77.1 Å². The van der Waals surface area contributed by atoms with Gasteiger partial charge in [0.15, 0.2) is 0 Å². The van der Waals surface area contributed by atoms with Crippen LogP contribution in [0, 0.1) is 11.8 Å². The summed E-state index contributed by atoms with van der Waals surface area (Å²) in [5.74, 6) is -0.415. The minimum absolute atomic E-state index is 0.0573. The van der Waals surface area contributed by atoms with Crippen LogP contribution >= 0.6 is 0 Å². The van der Waals surface area contributed by atoms with Gasteiger partial charge in [-0.2, -0.15) is 0 Å². The first-order chi connectivity index (χ1) is 12.8. The standard InChI is InChI=1S/C22H36O5/c1-16(2)9-8-10-17(23)13-14-19-18(20(24)15-21(19)25)11-6-4-5-7-12-22(26)27-3/h4,6,9,13-14,17-21,23-25H,5,7-8,10-12,15H2,1-3H3/b6-4-,14-13+/t17-,18+,19+,20-,21+/m0/s1. The Balaban J connectivity index is 2.48. The highest BCUT2D eigenvalue weighted by Gasteiger charge is 2.39. The summed E-state index contributed by atoms with van der Waals surface area (Å²) in [6.45, 7) is 4.07. The van der Waals surface area contributed by atoms with E-state index >= 15 is 0 Å². The molecule has 0 aliphatic heterocycles. The molecule has 154 valence electrons. The summed E-state index contributed by atoms with van der Waals surface area (Å²) in [5, 5.41) is 30.6. The first-order valence-corrected chi connectivity index (χ1v) is 9.92. The Morgan fingerprint density at radius 3 is 2.59 bits per heavy atom. The Morgan fingerprint density at radius 1 is 1.19 bits per heavy atom. The van der Waals surface area contributed by atoms with Gasteiger partial charge >= 0.3 is 5.97 Å². The summed E-state index contributed by atoms with van der Waals surface area (Å²) >= 11 is 0. The normalized spacial score (nSPS) is 26.6. The predicted molar refractivity (Wildman–Crippen MR) is 107 cm³/mol. The summed E-state index contributed by atoms with van der Waals surface area (Å²) in [7, 11) is 1.39. The van der Waals surface area contributed by atoms with Crippen LogP contribution in [0.25, 0.3) is 0 Å². The number of ether oxygens (including phenoxy) is 1. The lowest BCUT2D eigenvalue weighted by atomic mass is 9.89. The lowest BCUT2D eigenvalue weighted by molar-refractivity contribution is -0.140. The van der Waals surface area contributed by atoms with E-state index in [4.69, 9.17) is 0 Å². The molecule has 5 heteroatoms. The number of carbonyl (C=O) groups is 1. The van der Waals surface area contributed by atoms with Gasteiger partial charge in [-0.3, -0.25) is 4.79 Å². The highest BCUT2D eigenvalue weighted by Crippen LogP contribution is 2.36. The number of hydrogen-bond acceptors (Lipinski definition) is 5. The van der Waals surface area contributed by atoms with Crippen LogP contribution in [0.2, 0.25) is 0 Å². The molecule has 3 N–H and O–H groups in total. The third-order valence-corrected chi connectivity index (χ3v) is 5.04. The van der Waals surface area contributed by atoms with Crippen LogP contribution in [0.15, 0.2) is 36.0 Å². The number of aliphatic hydroxyl groups is 3. The van der Waals surface area contributed by atoms with Gasteiger partial charge in [-0.25, -0.2) is 0 Å². The molecule has 0 aromatic carbocycles. The zero-order valence-electron chi connectivity index (χ0n) is 16.9. The molecule has 0 unspecified atom stereocenters. The van der Waals surface area contributed by atoms with E-state index in [1.165, 1.54) is 12.7 Å². The molecule has 0 spiro atoms. The number of rotatable bonds is 11. The Morgan fingerprint density at radius 2 is 1.93 bits per heavy atom. The highest BCUT2D eigenvalue weighted by atomic mass is 16.5. The van der Waals surface area contributed by atoms with Gasteiger partial charge in [-0.1, -0.05) is 36.0 Å². The van der Waals surface area contributed by atoms with Gasteiger partial charge in [-0.15, -0.1) is 0 Å². The number of hydrogen-bond donors (Lipinski definition) is 3. The Bertz CT molecular complexity index is 519. The zero-order valence-corrected chi connectivity index (χ0v) is 16.9. The molecule has 0 aromatic heterocycles. The second-order valence-corrected chi connectivity index (χ2v) is 7.60. The van der Waals surface area contributed by atoms with E-state index < -0.39 is 18.3 Å². The largest absolute Gasteiger partial charge is 0.469 e. The van der Waals surface area contributed by atoms with Crippen LogP contribution in [0.5, 0.6) is 0 Å². The SMILES string of the molecule is COC(=O)CCC/C=C\C[C@@H]1[C@@H](/C=C/[C@@H](O)CCC=C(C)C)[C@H](O)C[C@@H]1O. The lowest BCUT2D eigenvalue weighted by Gasteiger charge is -2.19. The first kappa shape index (κ1) is 23.6. The molecule has 1 aliphatic rings. The van der Waals surface area contributed by atoms with Gasteiger partial charge < -0.3 is 20.1 Å². The van der Waals surface area contributed by atoms with E-state index in [0.717, 1.165) is 19.3 Å². The van der Waals surface area contributed by atoms with Gasteiger partial charge in [0.2, 0.25) is 0 Å². The topological polar surface area (TPSA) is 87.0 Å². The van der Waals surface area contributed by atoms with Crippen molar-refractivity contribution in [1.29, 1.82) is 0 Å². The van der Waals surface area contributed by atoms with Crippen LogP contribution in [0.1, 0.15) is 58.8 Å². The molecule has 1 saturated carbocycles. The summed E-state index contributed by atoms with van der Waals surface area (Å²) in [5.41, 5.74) is 1.24. The third-order valence-electron chi connectivity index (χ3n) is 5.04. The molecular weight excluding hydrogens is 344 g/mol. The smallest absolute Gasteiger partial charge is 0.305 e. The van der Waals surface area contributed by atoms with E-state index in [-0.39, 0.29) is 17.8 Å². The van der Waals surface area contributed by atoms with Crippen molar-refractivity contribution in [3.05, 3.63) is 36.0 Å². The van der Waals surface area contributed by atoms with Crippen molar-refractivity contribution in [2.24, 2.45) is 11.8 Å². The maximum Gasteiger partial charge on any atom is 0.305 e. The number of unbranched alkanes of at least 4 members (excludes halogenated alkanes) is 1. The number of carbonyl (C=O) groups excluding carboxylic acids is 1. The monoisotopic (exact) mass is 380 g/mol. The van der Waals surface area contributed by atoms with Crippen LogP contribution in [0.3, 0.4) is 0 Å². The molecule has 0 saturated heterocycles. The van der Waals surface area contributed by atoms with Gasteiger partial charge in [0, 0.05) is 18.8 Å². The fourth-order valence-electron chi connectivity index (χ4n) is 3.44. The molecule has 0 bridgehead atoms. The second-order valence-electron chi connectivity index (χ2n) is 7.60. The zero-order chi connectivity index (χ0) is 20.2. The maximum atomic E-state index is 11.1. The minimum Gasteiger partial charge on any atom is -0.469 e. The van der Waals surface area contributed by atoms with Gasteiger partial charge in [0.1, 0.15) is 0 Å². The Hall–Kier alpha value is -1.43. The molecule has 27 heavy (non-hydrogen) atoms.